The van der Waals surface area contributed by atoms with Gasteiger partial charge in [0.1, 0.15) is 41.5 Å². The van der Waals surface area contributed by atoms with E-state index in [1.807, 2.05) is 54.6 Å². The molecule has 4 rings (SSSR count). The molecule has 7 N–H and O–H groups in total. The third kappa shape index (κ3) is 4.54. The first-order chi connectivity index (χ1) is 15.7. The van der Waals surface area contributed by atoms with Crippen LogP contribution in [0.2, 0.25) is 0 Å². The van der Waals surface area contributed by atoms with Gasteiger partial charge in [0, 0.05) is 12.5 Å². The first-order valence-corrected chi connectivity index (χ1v) is 10.7. The Bertz CT molecular complexity index is 1020. The molecule has 8 heteroatoms. The molecule has 8 nitrogen and oxygen atoms in total. The first kappa shape index (κ1) is 23.4. The summed E-state index contributed by atoms with van der Waals surface area (Å²) in [6.45, 7) is -0.640. The lowest BCUT2D eigenvalue weighted by atomic mass is 9.71. The summed E-state index contributed by atoms with van der Waals surface area (Å²) in [7, 11) is 0. The van der Waals surface area contributed by atoms with E-state index in [1.165, 1.54) is 0 Å². The first-order valence-electron chi connectivity index (χ1n) is 10.7. The van der Waals surface area contributed by atoms with E-state index in [2.05, 4.69) is 0 Å². The number of hydrogen-bond donors (Lipinski definition) is 7. The highest BCUT2D eigenvalue weighted by Gasteiger charge is 2.54. The summed E-state index contributed by atoms with van der Waals surface area (Å²) in [5, 5.41) is 72.6. The fraction of sp³-hybridized carbons (Fsp3) is 0.360. The minimum absolute atomic E-state index is 0.0519. The number of rotatable bonds is 5. The molecule has 1 fully saturated rings. The molecule has 0 bridgehead atoms. The highest BCUT2D eigenvalue weighted by molar-refractivity contribution is 5.63. The molecule has 1 heterocycles. The summed E-state index contributed by atoms with van der Waals surface area (Å²) in [6.07, 6.45) is -5.33. The molecule has 2 aliphatic rings. The molecule has 0 aromatic heterocycles. The summed E-state index contributed by atoms with van der Waals surface area (Å²) >= 11 is 0. The molecule has 0 spiro atoms. The maximum Gasteiger partial charge on any atom is 0.117 e. The van der Waals surface area contributed by atoms with Gasteiger partial charge in [-0.15, -0.1) is 0 Å². The van der Waals surface area contributed by atoms with Gasteiger partial charge in [-0.05, 0) is 22.8 Å². The Hall–Kier alpha value is -2.72. The van der Waals surface area contributed by atoms with Crippen molar-refractivity contribution in [2.45, 2.75) is 42.5 Å². The van der Waals surface area contributed by atoms with Crippen LogP contribution in [0.25, 0.3) is 11.1 Å². The van der Waals surface area contributed by atoms with Crippen LogP contribution in [0.4, 0.5) is 0 Å². The molecular formula is C25H28O8. The third-order valence-corrected chi connectivity index (χ3v) is 6.36. The van der Waals surface area contributed by atoms with Gasteiger partial charge in [0.15, 0.2) is 0 Å². The molecule has 1 saturated heterocycles. The van der Waals surface area contributed by atoms with Crippen LogP contribution in [0.1, 0.15) is 5.56 Å². The number of hydrogen-bond acceptors (Lipinski definition) is 8. The number of ether oxygens (including phenoxy) is 1. The Balaban J connectivity index is 1.64. The number of allylic oxidation sites excluding steroid dienone is 1. The second-order valence-corrected chi connectivity index (χ2v) is 8.64. The molecule has 0 amide bonds. The van der Waals surface area contributed by atoms with E-state index in [1.54, 1.807) is 0 Å². The maximum atomic E-state index is 11.6. The normalized spacial score (nSPS) is 34.5. The monoisotopic (exact) mass is 456 g/mol. The molecule has 7 atom stereocenters. The van der Waals surface area contributed by atoms with Crippen molar-refractivity contribution in [3.63, 3.8) is 0 Å². The van der Waals surface area contributed by atoms with Crippen LogP contribution in [0.3, 0.4) is 0 Å². The van der Waals surface area contributed by atoms with Crippen molar-refractivity contribution >= 4 is 0 Å². The fourth-order valence-electron chi connectivity index (χ4n) is 4.68. The van der Waals surface area contributed by atoms with E-state index in [-0.39, 0.29) is 12.2 Å². The van der Waals surface area contributed by atoms with E-state index in [9.17, 15) is 35.7 Å². The van der Waals surface area contributed by atoms with Crippen molar-refractivity contribution < 1.29 is 40.5 Å². The average molecular weight is 456 g/mol. The molecule has 176 valence electrons. The minimum Gasteiger partial charge on any atom is -0.512 e. The minimum atomic E-state index is -1.90. The summed E-state index contributed by atoms with van der Waals surface area (Å²) < 4.78 is 5.60. The summed E-state index contributed by atoms with van der Waals surface area (Å²) in [4.78, 5) is 0. The van der Waals surface area contributed by atoms with Crippen LogP contribution in [-0.4, -0.2) is 78.5 Å². The molecule has 2 aromatic rings. The Labute approximate surface area is 191 Å². The molecule has 1 aliphatic heterocycles. The fourth-order valence-corrected chi connectivity index (χ4v) is 4.68. The van der Waals surface area contributed by atoms with Gasteiger partial charge in [-0.3, -0.25) is 0 Å². The molecule has 1 aliphatic carbocycles. The largest absolute Gasteiger partial charge is 0.512 e. The van der Waals surface area contributed by atoms with E-state index in [0.29, 0.717) is 5.56 Å². The van der Waals surface area contributed by atoms with Crippen LogP contribution in [-0.2, 0) is 11.2 Å². The van der Waals surface area contributed by atoms with Gasteiger partial charge in [-0.2, -0.15) is 0 Å². The summed E-state index contributed by atoms with van der Waals surface area (Å²) in [5.41, 5.74) is 0.787. The Kier molecular flexibility index (Phi) is 6.58. The zero-order chi connectivity index (χ0) is 23.8. The van der Waals surface area contributed by atoms with Crippen LogP contribution < -0.4 is 0 Å². The van der Waals surface area contributed by atoms with Crippen molar-refractivity contribution in [3.05, 3.63) is 83.8 Å². The topological polar surface area (TPSA) is 151 Å². The molecular weight excluding hydrogens is 428 g/mol. The van der Waals surface area contributed by atoms with Crippen LogP contribution in [0, 0.1) is 5.92 Å². The Morgan fingerprint density at radius 2 is 1.45 bits per heavy atom. The lowest BCUT2D eigenvalue weighted by Crippen LogP contribution is -2.63. The summed E-state index contributed by atoms with van der Waals surface area (Å²) in [5.74, 6) is -2.10. The third-order valence-electron chi connectivity index (χ3n) is 6.36. The molecule has 2 aromatic carbocycles. The number of aliphatic hydroxyl groups excluding tert-OH is 6. The quantitative estimate of drug-likeness (QED) is 0.352. The van der Waals surface area contributed by atoms with Gasteiger partial charge >= 0.3 is 0 Å². The predicted molar refractivity (Wildman–Crippen MR) is 119 cm³/mol. The van der Waals surface area contributed by atoms with E-state index in [4.69, 9.17) is 4.74 Å². The molecule has 33 heavy (non-hydrogen) atoms. The second kappa shape index (κ2) is 9.26. The summed E-state index contributed by atoms with van der Waals surface area (Å²) in [6, 6.07) is 17.1. The number of benzene rings is 2. The van der Waals surface area contributed by atoms with Gasteiger partial charge in [0.2, 0.25) is 0 Å². The second-order valence-electron chi connectivity index (χ2n) is 8.64. The zero-order valence-electron chi connectivity index (χ0n) is 17.8. The van der Waals surface area contributed by atoms with Gasteiger partial charge in [0.25, 0.3) is 0 Å². The molecule has 0 saturated carbocycles. The van der Waals surface area contributed by atoms with Crippen LogP contribution in [0.5, 0.6) is 0 Å². The number of aliphatic hydroxyl groups is 7. The van der Waals surface area contributed by atoms with Crippen molar-refractivity contribution in [1.29, 1.82) is 0 Å². The highest BCUT2D eigenvalue weighted by Crippen LogP contribution is 2.41. The van der Waals surface area contributed by atoms with Gasteiger partial charge in [0.05, 0.1) is 18.6 Å². The standard InChI is InChI=1S/C25H28O8/c26-13-19-21(29)22(30)23(31)24(33-19)20-18(28)10-17(27)12-25(20,32)11-14-6-8-16(9-7-14)15-4-2-1-3-5-15/h1-10,12,19-24,26-32H,11,13H2/t19-,20?,21-,22+,23-,24?,25?/m1/s1. The van der Waals surface area contributed by atoms with E-state index >= 15 is 0 Å². The van der Waals surface area contributed by atoms with Crippen molar-refractivity contribution in [3.8, 4) is 11.1 Å². The lowest BCUT2D eigenvalue weighted by molar-refractivity contribution is -0.251. The Morgan fingerprint density at radius 1 is 0.818 bits per heavy atom. The SMILES string of the molecule is OC[C@H]1OC(C2C(O)=CC(O)=CC2(O)Cc2ccc(-c3ccccc3)cc2)[C@H](O)[C@@H](O)[C@@H]1O. The van der Waals surface area contributed by atoms with Gasteiger partial charge in [-0.25, -0.2) is 0 Å². The smallest absolute Gasteiger partial charge is 0.117 e. The van der Waals surface area contributed by atoms with Crippen molar-refractivity contribution in [1.82, 2.24) is 0 Å². The van der Waals surface area contributed by atoms with Gasteiger partial charge < -0.3 is 40.5 Å². The van der Waals surface area contributed by atoms with Crippen molar-refractivity contribution in [2.24, 2.45) is 5.92 Å². The van der Waals surface area contributed by atoms with Crippen LogP contribution in [0.15, 0.2) is 78.3 Å². The molecule has 0 radical (unpaired) electrons. The van der Waals surface area contributed by atoms with Gasteiger partial charge in [-0.1, -0.05) is 54.6 Å². The Morgan fingerprint density at radius 3 is 2.09 bits per heavy atom. The highest BCUT2D eigenvalue weighted by atomic mass is 16.5. The average Bonchev–Trinajstić information content (AvgIpc) is 2.79. The van der Waals surface area contributed by atoms with Crippen molar-refractivity contribution in [2.75, 3.05) is 6.61 Å². The maximum absolute atomic E-state index is 11.6. The van der Waals surface area contributed by atoms with Crippen LogP contribution >= 0.6 is 0 Å². The van der Waals surface area contributed by atoms with E-state index in [0.717, 1.165) is 23.3 Å². The predicted octanol–water partition coefficient (Wildman–Crippen LogP) is 0.983. The lowest BCUT2D eigenvalue weighted by Gasteiger charge is -2.47. The zero-order valence-corrected chi connectivity index (χ0v) is 17.8. The van der Waals surface area contributed by atoms with E-state index < -0.39 is 54.4 Å². The molecule has 3 unspecified atom stereocenters.